The monoisotopic (exact) mass is 430 g/mol. The van der Waals surface area contributed by atoms with E-state index in [2.05, 4.69) is 5.32 Å². The van der Waals surface area contributed by atoms with Gasteiger partial charge in [-0.3, -0.25) is 4.79 Å². The Morgan fingerprint density at radius 1 is 1.07 bits per heavy atom. The minimum absolute atomic E-state index is 0.101. The van der Waals surface area contributed by atoms with Crippen LogP contribution in [0.4, 0.5) is 0 Å². The van der Waals surface area contributed by atoms with Crippen LogP contribution in [0.1, 0.15) is 24.8 Å². The molecule has 0 bridgehead atoms. The Bertz CT molecular complexity index is 888. The first-order chi connectivity index (χ1) is 14.5. The minimum Gasteiger partial charge on any atom is -0.492 e. The molecule has 0 saturated carbocycles. The summed E-state index contributed by atoms with van der Waals surface area (Å²) in [4.78, 5) is 12.5. The fourth-order valence-corrected chi connectivity index (χ4v) is 5.23. The van der Waals surface area contributed by atoms with Crippen LogP contribution in [0.25, 0.3) is 0 Å². The molecule has 2 aromatic rings. The largest absolute Gasteiger partial charge is 0.492 e. The van der Waals surface area contributed by atoms with Crippen LogP contribution in [-0.2, 0) is 21.2 Å². The smallest absolute Gasteiger partial charge is 0.224 e. The van der Waals surface area contributed by atoms with Crippen molar-refractivity contribution < 1.29 is 17.9 Å². The van der Waals surface area contributed by atoms with Gasteiger partial charge in [-0.05, 0) is 43.4 Å². The number of carbonyl (C=O) groups excluding carboxylic acids is 1. The van der Waals surface area contributed by atoms with Gasteiger partial charge in [0, 0.05) is 13.1 Å². The number of nitrogens with one attached hydrogen (secondary N) is 1. The average Bonchev–Trinajstić information content (AvgIpc) is 2.78. The first-order valence-corrected chi connectivity index (χ1v) is 12.1. The molecule has 2 aromatic carbocycles. The molecule has 1 heterocycles. The molecule has 0 aromatic heterocycles. The molecule has 0 aliphatic carbocycles. The van der Waals surface area contributed by atoms with Crippen molar-refractivity contribution in [3.05, 3.63) is 66.2 Å². The summed E-state index contributed by atoms with van der Waals surface area (Å²) in [6.07, 6.45) is 2.73. The number of para-hydroxylation sites is 1. The number of amides is 1. The van der Waals surface area contributed by atoms with Crippen LogP contribution in [-0.4, -0.2) is 50.6 Å². The lowest BCUT2D eigenvalue weighted by atomic mass is 9.99. The van der Waals surface area contributed by atoms with E-state index in [4.69, 9.17) is 4.74 Å². The van der Waals surface area contributed by atoms with Crippen LogP contribution >= 0.6 is 0 Å². The molecular formula is C23H30N2O4S. The molecule has 1 N–H and O–H groups in total. The molecule has 1 aliphatic heterocycles. The number of nitrogens with zero attached hydrogens (tertiary/aromatic N) is 1. The number of ether oxygens (including phenoxy) is 1. The highest BCUT2D eigenvalue weighted by atomic mass is 32.2. The van der Waals surface area contributed by atoms with Gasteiger partial charge in [0.2, 0.25) is 15.9 Å². The summed E-state index contributed by atoms with van der Waals surface area (Å²) in [5.41, 5.74) is 1.14. The van der Waals surface area contributed by atoms with Crippen molar-refractivity contribution >= 4 is 15.9 Å². The minimum atomic E-state index is -3.35. The third kappa shape index (κ3) is 6.85. The van der Waals surface area contributed by atoms with E-state index in [1.165, 1.54) is 4.31 Å². The fraction of sp³-hybridized carbons (Fsp3) is 0.435. The highest BCUT2D eigenvalue weighted by molar-refractivity contribution is 7.89. The first-order valence-electron chi connectivity index (χ1n) is 10.5. The number of rotatable bonds is 10. The Morgan fingerprint density at radius 3 is 2.50 bits per heavy atom. The predicted octanol–water partition coefficient (Wildman–Crippen LogP) is 2.86. The van der Waals surface area contributed by atoms with Crippen molar-refractivity contribution in [3.63, 3.8) is 0 Å². The summed E-state index contributed by atoms with van der Waals surface area (Å²) in [6, 6.07) is 19.3. The lowest BCUT2D eigenvalue weighted by molar-refractivity contribution is -0.126. The van der Waals surface area contributed by atoms with Crippen molar-refractivity contribution in [2.24, 2.45) is 5.92 Å². The maximum absolute atomic E-state index is 12.7. The Balaban J connectivity index is 1.41. The highest BCUT2D eigenvalue weighted by Gasteiger charge is 2.31. The first kappa shape index (κ1) is 22.3. The second-order valence-corrected chi connectivity index (χ2v) is 9.64. The number of hydrogen-bond acceptors (Lipinski definition) is 4. The zero-order valence-corrected chi connectivity index (χ0v) is 18.0. The number of sulfonamides is 1. The molecule has 30 heavy (non-hydrogen) atoms. The van der Waals surface area contributed by atoms with Crippen molar-refractivity contribution in [2.75, 3.05) is 32.0 Å². The van der Waals surface area contributed by atoms with Crippen LogP contribution in [0, 0.1) is 5.92 Å². The molecule has 1 saturated heterocycles. The van der Waals surface area contributed by atoms with E-state index in [9.17, 15) is 13.2 Å². The van der Waals surface area contributed by atoms with Gasteiger partial charge in [0.1, 0.15) is 12.4 Å². The molecule has 0 spiro atoms. The Hall–Kier alpha value is -2.38. The SMILES string of the molecule is O=C(NCCOc1ccccc1)[C@H]1CCCN(S(=O)(=O)CCCc2ccccc2)C1. The molecule has 1 aliphatic rings. The second-order valence-electron chi connectivity index (χ2n) is 7.55. The maximum Gasteiger partial charge on any atom is 0.224 e. The molecule has 162 valence electrons. The summed E-state index contributed by atoms with van der Waals surface area (Å²) in [7, 11) is -3.35. The molecule has 7 heteroatoms. The van der Waals surface area contributed by atoms with Crippen LogP contribution in [0.3, 0.4) is 0 Å². The topological polar surface area (TPSA) is 75.7 Å². The van der Waals surface area contributed by atoms with Gasteiger partial charge in [0.05, 0.1) is 18.2 Å². The molecule has 3 rings (SSSR count). The van der Waals surface area contributed by atoms with Gasteiger partial charge in [0.15, 0.2) is 0 Å². The van der Waals surface area contributed by atoms with Crippen molar-refractivity contribution in [3.8, 4) is 5.75 Å². The van der Waals surface area contributed by atoms with E-state index in [0.717, 1.165) is 17.7 Å². The zero-order chi connectivity index (χ0) is 21.2. The lowest BCUT2D eigenvalue weighted by Gasteiger charge is -2.31. The fourth-order valence-electron chi connectivity index (χ4n) is 3.65. The van der Waals surface area contributed by atoms with E-state index >= 15 is 0 Å². The summed E-state index contributed by atoms with van der Waals surface area (Å²) < 4.78 is 32.5. The van der Waals surface area contributed by atoms with Crippen molar-refractivity contribution in [2.45, 2.75) is 25.7 Å². The molecular weight excluding hydrogens is 400 g/mol. The van der Waals surface area contributed by atoms with E-state index in [1.807, 2.05) is 60.7 Å². The quantitative estimate of drug-likeness (QED) is 0.588. The Labute approximate surface area is 179 Å². The molecule has 0 unspecified atom stereocenters. The van der Waals surface area contributed by atoms with E-state index in [0.29, 0.717) is 39.0 Å². The van der Waals surface area contributed by atoms with Crippen molar-refractivity contribution in [1.82, 2.24) is 9.62 Å². The third-order valence-corrected chi connectivity index (χ3v) is 7.20. The van der Waals surface area contributed by atoms with Gasteiger partial charge >= 0.3 is 0 Å². The van der Waals surface area contributed by atoms with Crippen molar-refractivity contribution in [1.29, 1.82) is 0 Å². The van der Waals surface area contributed by atoms with Gasteiger partial charge in [-0.1, -0.05) is 48.5 Å². The zero-order valence-electron chi connectivity index (χ0n) is 17.2. The normalized spacial score (nSPS) is 17.4. The summed E-state index contributed by atoms with van der Waals surface area (Å²) in [5.74, 6) is 0.466. The number of carbonyl (C=O) groups is 1. The lowest BCUT2D eigenvalue weighted by Crippen LogP contribution is -2.46. The predicted molar refractivity (Wildman–Crippen MR) is 118 cm³/mol. The Morgan fingerprint density at radius 2 is 1.77 bits per heavy atom. The molecule has 1 atom stereocenters. The van der Waals surface area contributed by atoms with Crippen LogP contribution in [0.5, 0.6) is 5.75 Å². The Kier molecular flexibility index (Phi) is 8.28. The van der Waals surface area contributed by atoms with Gasteiger partial charge in [0.25, 0.3) is 0 Å². The van der Waals surface area contributed by atoms with E-state index < -0.39 is 10.0 Å². The number of piperidine rings is 1. The summed E-state index contributed by atoms with van der Waals surface area (Å²) in [6.45, 7) is 1.53. The average molecular weight is 431 g/mol. The van der Waals surface area contributed by atoms with E-state index in [1.54, 1.807) is 0 Å². The maximum atomic E-state index is 12.7. The second kappa shape index (κ2) is 11.1. The van der Waals surface area contributed by atoms with Gasteiger partial charge < -0.3 is 10.1 Å². The third-order valence-electron chi connectivity index (χ3n) is 5.27. The number of hydrogen-bond donors (Lipinski definition) is 1. The van der Waals surface area contributed by atoms with Crippen LogP contribution in [0.2, 0.25) is 0 Å². The van der Waals surface area contributed by atoms with Gasteiger partial charge in [-0.15, -0.1) is 0 Å². The molecule has 1 amide bonds. The molecule has 6 nitrogen and oxygen atoms in total. The molecule has 1 fully saturated rings. The number of aryl methyl sites for hydroxylation is 1. The van der Waals surface area contributed by atoms with E-state index in [-0.39, 0.29) is 24.1 Å². The van der Waals surface area contributed by atoms with Crippen LogP contribution < -0.4 is 10.1 Å². The number of benzene rings is 2. The van der Waals surface area contributed by atoms with Gasteiger partial charge in [-0.2, -0.15) is 0 Å². The van der Waals surface area contributed by atoms with Crippen LogP contribution in [0.15, 0.2) is 60.7 Å². The molecule has 0 radical (unpaired) electrons. The standard InChI is InChI=1S/C23H30N2O4S/c26-23(24-15-17-29-22-13-5-2-6-14-22)21-12-7-16-25(19-21)30(27,28)18-8-11-20-9-3-1-4-10-20/h1-6,9-10,13-14,21H,7-8,11-12,15-19H2,(H,24,26)/t21-/m0/s1. The summed E-state index contributed by atoms with van der Waals surface area (Å²) in [5, 5.41) is 2.87. The summed E-state index contributed by atoms with van der Waals surface area (Å²) >= 11 is 0. The highest BCUT2D eigenvalue weighted by Crippen LogP contribution is 2.20. The van der Waals surface area contributed by atoms with Gasteiger partial charge in [-0.25, -0.2) is 12.7 Å².